The van der Waals surface area contributed by atoms with Gasteiger partial charge in [-0.1, -0.05) is 6.92 Å². The first-order valence-corrected chi connectivity index (χ1v) is 6.72. The maximum Gasteiger partial charge on any atom is 0.337 e. The molecular formula is C12H16N2O2S. The van der Waals surface area contributed by atoms with Gasteiger partial charge in [-0.25, -0.2) is 4.79 Å². The molecule has 0 amide bonds. The number of aromatic nitrogens is 1. The van der Waals surface area contributed by atoms with Crippen molar-refractivity contribution < 1.29 is 9.90 Å². The number of aromatic carboxylic acids is 1. The van der Waals surface area contributed by atoms with Gasteiger partial charge in [0.1, 0.15) is 0 Å². The molecule has 0 saturated carbocycles. The first kappa shape index (κ1) is 12.4. The van der Waals surface area contributed by atoms with E-state index < -0.39 is 5.97 Å². The smallest absolute Gasteiger partial charge is 0.337 e. The van der Waals surface area contributed by atoms with Gasteiger partial charge in [-0.15, -0.1) is 0 Å². The van der Waals surface area contributed by atoms with E-state index in [4.69, 9.17) is 5.11 Å². The zero-order chi connectivity index (χ0) is 12.3. The maximum absolute atomic E-state index is 10.7. The van der Waals surface area contributed by atoms with Gasteiger partial charge in [-0.3, -0.25) is 9.88 Å². The second-order valence-electron chi connectivity index (χ2n) is 4.26. The fourth-order valence-corrected chi connectivity index (χ4v) is 2.99. The molecule has 1 fully saturated rings. The van der Waals surface area contributed by atoms with Gasteiger partial charge < -0.3 is 5.11 Å². The molecule has 1 atom stereocenters. The molecule has 0 radical (unpaired) electrons. The zero-order valence-electron chi connectivity index (χ0n) is 9.80. The van der Waals surface area contributed by atoms with Crippen LogP contribution in [0.3, 0.4) is 0 Å². The van der Waals surface area contributed by atoms with Crippen LogP contribution in [-0.4, -0.2) is 45.1 Å². The van der Waals surface area contributed by atoms with E-state index in [0.29, 0.717) is 5.25 Å². The third-order valence-electron chi connectivity index (χ3n) is 2.78. The fraction of sp³-hybridized carbons (Fsp3) is 0.500. The van der Waals surface area contributed by atoms with E-state index in [1.807, 2.05) is 11.8 Å². The Hall–Kier alpha value is -1.07. The summed E-state index contributed by atoms with van der Waals surface area (Å²) >= 11 is 2.00. The Kier molecular flexibility index (Phi) is 4.02. The number of hydrogen-bond donors (Lipinski definition) is 1. The van der Waals surface area contributed by atoms with Gasteiger partial charge in [0.05, 0.1) is 11.3 Å². The molecule has 92 valence electrons. The Balaban J connectivity index is 1.96. The molecule has 0 aromatic carbocycles. The SMILES string of the molecule is CC1CN(Cc2ccc(C(=O)O)cn2)CCS1. The second kappa shape index (κ2) is 5.51. The van der Waals surface area contributed by atoms with Crippen molar-refractivity contribution in [3.8, 4) is 0 Å². The predicted molar refractivity (Wildman–Crippen MR) is 68.4 cm³/mol. The van der Waals surface area contributed by atoms with Gasteiger partial charge in [0, 0.05) is 36.8 Å². The van der Waals surface area contributed by atoms with Crippen molar-refractivity contribution >= 4 is 17.7 Å². The lowest BCUT2D eigenvalue weighted by molar-refractivity contribution is 0.0696. The summed E-state index contributed by atoms with van der Waals surface area (Å²) in [5.41, 5.74) is 1.19. The minimum absolute atomic E-state index is 0.247. The molecule has 4 nitrogen and oxygen atoms in total. The molecule has 1 aromatic rings. The standard InChI is InChI=1S/C12H16N2O2S/c1-9-7-14(4-5-17-9)8-11-3-2-10(6-13-11)12(15)16/h2-3,6,9H,4-5,7-8H2,1H3,(H,15,16). The normalized spacial score (nSPS) is 21.4. The van der Waals surface area contributed by atoms with Gasteiger partial charge >= 0.3 is 5.97 Å². The Morgan fingerprint density at radius 2 is 2.47 bits per heavy atom. The van der Waals surface area contributed by atoms with Crippen LogP contribution in [0.2, 0.25) is 0 Å². The van der Waals surface area contributed by atoms with Crippen molar-refractivity contribution in [2.45, 2.75) is 18.7 Å². The molecule has 2 rings (SSSR count). The number of carboxylic acid groups (broad SMARTS) is 1. The van der Waals surface area contributed by atoms with Crippen LogP contribution in [0.1, 0.15) is 23.0 Å². The molecule has 0 bridgehead atoms. The van der Waals surface area contributed by atoms with E-state index in [9.17, 15) is 4.79 Å². The predicted octanol–water partition coefficient (Wildman–Crippen LogP) is 1.72. The minimum Gasteiger partial charge on any atom is -0.478 e. The van der Waals surface area contributed by atoms with Crippen LogP contribution in [0.25, 0.3) is 0 Å². The average molecular weight is 252 g/mol. The number of nitrogens with zero attached hydrogens (tertiary/aromatic N) is 2. The monoisotopic (exact) mass is 252 g/mol. The topological polar surface area (TPSA) is 53.4 Å². The van der Waals surface area contributed by atoms with Crippen molar-refractivity contribution in [1.82, 2.24) is 9.88 Å². The van der Waals surface area contributed by atoms with Crippen molar-refractivity contribution in [1.29, 1.82) is 0 Å². The Morgan fingerprint density at radius 1 is 1.65 bits per heavy atom. The Bertz CT molecular complexity index is 394. The molecule has 2 heterocycles. The van der Waals surface area contributed by atoms with Crippen LogP contribution in [0.4, 0.5) is 0 Å². The molecule has 1 unspecified atom stereocenters. The number of thioether (sulfide) groups is 1. The van der Waals surface area contributed by atoms with E-state index >= 15 is 0 Å². The molecule has 1 aliphatic heterocycles. The summed E-state index contributed by atoms with van der Waals surface area (Å²) < 4.78 is 0. The van der Waals surface area contributed by atoms with Crippen molar-refractivity contribution in [3.05, 3.63) is 29.6 Å². The first-order valence-electron chi connectivity index (χ1n) is 5.67. The van der Waals surface area contributed by atoms with E-state index in [1.54, 1.807) is 12.1 Å². The molecule has 5 heteroatoms. The highest BCUT2D eigenvalue weighted by Crippen LogP contribution is 2.19. The van der Waals surface area contributed by atoms with E-state index in [0.717, 1.165) is 31.1 Å². The minimum atomic E-state index is -0.924. The van der Waals surface area contributed by atoms with Crippen LogP contribution in [0.15, 0.2) is 18.3 Å². The highest BCUT2D eigenvalue weighted by Gasteiger charge is 2.17. The highest BCUT2D eigenvalue weighted by atomic mass is 32.2. The average Bonchev–Trinajstić information content (AvgIpc) is 2.29. The molecular weight excluding hydrogens is 236 g/mol. The molecule has 0 aliphatic carbocycles. The van der Waals surface area contributed by atoms with E-state index in [1.165, 1.54) is 6.20 Å². The molecule has 0 spiro atoms. The van der Waals surface area contributed by atoms with E-state index in [2.05, 4.69) is 16.8 Å². The summed E-state index contributed by atoms with van der Waals surface area (Å²) in [6.07, 6.45) is 1.43. The number of pyridine rings is 1. The fourth-order valence-electron chi connectivity index (χ4n) is 1.91. The first-order chi connectivity index (χ1) is 8.15. The molecule has 17 heavy (non-hydrogen) atoms. The van der Waals surface area contributed by atoms with Crippen LogP contribution < -0.4 is 0 Å². The number of rotatable bonds is 3. The second-order valence-corrected chi connectivity index (χ2v) is 5.81. The maximum atomic E-state index is 10.7. The highest BCUT2D eigenvalue weighted by molar-refractivity contribution is 7.99. The summed E-state index contributed by atoms with van der Waals surface area (Å²) in [4.78, 5) is 17.2. The largest absolute Gasteiger partial charge is 0.478 e. The third kappa shape index (κ3) is 3.44. The molecule has 1 N–H and O–H groups in total. The van der Waals surface area contributed by atoms with Crippen molar-refractivity contribution in [2.75, 3.05) is 18.8 Å². The number of carbonyl (C=O) groups is 1. The molecule has 1 aromatic heterocycles. The Labute approximate surface area is 105 Å². The number of carboxylic acids is 1. The van der Waals surface area contributed by atoms with Gasteiger partial charge in [-0.05, 0) is 12.1 Å². The summed E-state index contributed by atoms with van der Waals surface area (Å²) in [5.74, 6) is 0.237. The third-order valence-corrected chi connectivity index (χ3v) is 3.92. The molecule has 1 saturated heterocycles. The van der Waals surface area contributed by atoms with Gasteiger partial charge in [0.15, 0.2) is 0 Å². The lowest BCUT2D eigenvalue weighted by atomic mass is 10.2. The zero-order valence-corrected chi connectivity index (χ0v) is 10.6. The van der Waals surface area contributed by atoms with Crippen LogP contribution in [0.5, 0.6) is 0 Å². The summed E-state index contributed by atoms with van der Waals surface area (Å²) in [7, 11) is 0. The van der Waals surface area contributed by atoms with Crippen LogP contribution >= 0.6 is 11.8 Å². The summed E-state index contributed by atoms with van der Waals surface area (Å²) in [5, 5.41) is 9.45. The lowest BCUT2D eigenvalue weighted by Crippen LogP contribution is -2.36. The van der Waals surface area contributed by atoms with Gasteiger partial charge in [0.25, 0.3) is 0 Å². The van der Waals surface area contributed by atoms with Crippen LogP contribution in [-0.2, 0) is 6.54 Å². The van der Waals surface area contributed by atoms with Crippen molar-refractivity contribution in [2.24, 2.45) is 0 Å². The van der Waals surface area contributed by atoms with Gasteiger partial charge in [0.2, 0.25) is 0 Å². The lowest BCUT2D eigenvalue weighted by Gasteiger charge is -2.30. The quantitative estimate of drug-likeness (QED) is 0.887. The molecule has 1 aliphatic rings. The van der Waals surface area contributed by atoms with E-state index in [-0.39, 0.29) is 5.56 Å². The van der Waals surface area contributed by atoms with Crippen LogP contribution in [0, 0.1) is 0 Å². The van der Waals surface area contributed by atoms with Gasteiger partial charge in [-0.2, -0.15) is 11.8 Å². The Morgan fingerprint density at radius 3 is 3.06 bits per heavy atom. The number of hydrogen-bond acceptors (Lipinski definition) is 4. The summed E-state index contributed by atoms with van der Waals surface area (Å²) in [6.45, 7) is 5.20. The summed E-state index contributed by atoms with van der Waals surface area (Å²) in [6, 6.07) is 3.42. The van der Waals surface area contributed by atoms with Crippen molar-refractivity contribution in [3.63, 3.8) is 0 Å².